The maximum Gasteiger partial charge on any atom is 0.417 e. The molecule has 17 heavy (non-hydrogen) atoms. The molecule has 1 unspecified atom stereocenters. The molecule has 0 radical (unpaired) electrons. The van der Waals surface area contributed by atoms with E-state index in [4.69, 9.17) is 10.2 Å². The molecular formula is C11H15N3O3. The number of aromatic amines is 1. The lowest BCUT2D eigenvalue weighted by Crippen LogP contribution is -2.34. The molecule has 0 aliphatic heterocycles. The van der Waals surface area contributed by atoms with Crippen molar-refractivity contribution in [3.63, 3.8) is 0 Å². The van der Waals surface area contributed by atoms with Crippen molar-refractivity contribution in [1.82, 2.24) is 4.98 Å². The maximum absolute atomic E-state index is 11.0. The summed E-state index contributed by atoms with van der Waals surface area (Å²) in [7, 11) is 1.84. The summed E-state index contributed by atoms with van der Waals surface area (Å²) in [4.78, 5) is 15.4. The first-order chi connectivity index (χ1) is 8.10. The third-order valence-corrected chi connectivity index (χ3v) is 2.60. The minimum absolute atomic E-state index is 0.214. The number of aromatic nitrogens is 1. The second kappa shape index (κ2) is 4.60. The van der Waals surface area contributed by atoms with Crippen molar-refractivity contribution < 1.29 is 9.52 Å². The molecule has 0 bridgehead atoms. The molecule has 4 N–H and O–H groups in total. The van der Waals surface area contributed by atoms with Gasteiger partial charge in [-0.25, -0.2) is 4.79 Å². The summed E-state index contributed by atoms with van der Waals surface area (Å²) >= 11 is 0. The van der Waals surface area contributed by atoms with E-state index in [0.29, 0.717) is 17.6 Å². The number of benzene rings is 1. The van der Waals surface area contributed by atoms with Gasteiger partial charge in [-0.1, -0.05) is 0 Å². The van der Waals surface area contributed by atoms with E-state index in [9.17, 15) is 9.90 Å². The van der Waals surface area contributed by atoms with Gasteiger partial charge < -0.3 is 20.2 Å². The molecule has 92 valence electrons. The second-order valence-electron chi connectivity index (χ2n) is 3.97. The van der Waals surface area contributed by atoms with Crippen molar-refractivity contribution >= 4 is 16.8 Å². The zero-order chi connectivity index (χ0) is 12.4. The fourth-order valence-electron chi connectivity index (χ4n) is 1.67. The Kier molecular flexibility index (Phi) is 3.16. The number of anilines is 1. The highest BCUT2D eigenvalue weighted by atomic mass is 16.4. The molecular weight excluding hydrogens is 222 g/mol. The van der Waals surface area contributed by atoms with E-state index in [1.807, 2.05) is 18.0 Å². The smallest absolute Gasteiger partial charge is 0.408 e. The minimum Gasteiger partial charge on any atom is -0.408 e. The molecule has 0 aliphatic rings. The van der Waals surface area contributed by atoms with Crippen LogP contribution in [0.5, 0.6) is 0 Å². The van der Waals surface area contributed by atoms with E-state index in [-0.39, 0.29) is 6.54 Å². The van der Waals surface area contributed by atoms with E-state index in [1.165, 1.54) is 0 Å². The minimum atomic E-state index is -0.575. The fourth-order valence-corrected chi connectivity index (χ4v) is 1.67. The number of nitrogens with one attached hydrogen (secondary N) is 1. The molecule has 1 aromatic heterocycles. The highest BCUT2D eigenvalue weighted by molar-refractivity contribution is 5.76. The van der Waals surface area contributed by atoms with E-state index in [1.54, 1.807) is 12.1 Å². The van der Waals surface area contributed by atoms with Gasteiger partial charge in [-0.2, -0.15) is 0 Å². The zero-order valence-corrected chi connectivity index (χ0v) is 9.51. The first-order valence-electron chi connectivity index (χ1n) is 5.32. The summed E-state index contributed by atoms with van der Waals surface area (Å²) in [6, 6.07) is 5.36. The summed E-state index contributed by atoms with van der Waals surface area (Å²) in [6.45, 7) is 0.641. The summed E-state index contributed by atoms with van der Waals surface area (Å²) < 4.78 is 4.97. The standard InChI is InChI=1S/C11H15N3O3/c1-14(6-8(15)5-12)7-2-3-9-10(4-7)17-11(16)13-9/h2-4,8,15H,5-6,12H2,1H3,(H,13,16). The van der Waals surface area contributed by atoms with Gasteiger partial charge in [0.25, 0.3) is 0 Å². The van der Waals surface area contributed by atoms with E-state index in [2.05, 4.69) is 4.98 Å². The van der Waals surface area contributed by atoms with Crippen LogP contribution in [0.4, 0.5) is 5.69 Å². The molecule has 6 heteroatoms. The van der Waals surface area contributed by atoms with Crippen LogP contribution in [0.3, 0.4) is 0 Å². The Morgan fingerprint density at radius 3 is 3.06 bits per heavy atom. The van der Waals surface area contributed by atoms with Crippen LogP contribution < -0.4 is 16.4 Å². The number of nitrogens with two attached hydrogens (primary N) is 1. The molecule has 2 rings (SSSR count). The normalized spacial score (nSPS) is 12.9. The number of hydrogen-bond donors (Lipinski definition) is 3. The van der Waals surface area contributed by atoms with Crippen LogP contribution in [0.15, 0.2) is 27.4 Å². The average molecular weight is 237 g/mol. The van der Waals surface area contributed by atoms with Crippen LogP contribution in [0.2, 0.25) is 0 Å². The molecule has 6 nitrogen and oxygen atoms in total. The van der Waals surface area contributed by atoms with Crippen molar-refractivity contribution in [2.24, 2.45) is 5.73 Å². The SMILES string of the molecule is CN(CC(O)CN)c1ccc2[nH]c(=O)oc2c1. The number of fused-ring (bicyclic) bond motifs is 1. The van der Waals surface area contributed by atoms with Gasteiger partial charge in [-0.05, 0) is 12.1 Å². The first-order valence-corrected chi connectivity index (χ1v) is 5.32. The number of hydrogen-bond acceptors (Lipinski definition) is 5. The van der Waals surface area contributed by atoms with Gasteiger partial charge in [0.15, 0.2) is 5.58 Å². The predicted molar refractivity (Wildman–Crippen MR) is 65.2 cm³/mol. The Labute approximate surface area is 97.6 Å². The van der Waals surface area contributed by atoms with Crippen LogP contribution in [-0.2, 0) is 0 Å². The number of likely N-dealkylation sites (N-methyl/N-ethyl adjacent to an activating group) is 1. The van der Waals surface area contributed by atoms with Gasteiger partial charge in [0.1, 0.15) is 0 Å². The molecule has 0 saturated carbocycles. The van der Waals surface area contributed by atoms with Gasteiger partial charge in [-0.3, -0.25) is 4.98 Å². The van der Waals surface area contributed by atoms with Crippen LogP contribution in [-0.4, -0.2) is 36.3 Å². The van der Waals surface area contributed by atoms with Crippen LogP contribution >= 0.6 is 0 Å². The molecule has 2 aromatic rings. The van der Waals surface area contributed by atoms with E-state index in [0.717, 1.165) is 5.69 Å². The Balaban J connectivity index is 2.26. The lowest BCUT2D eigenvalue weighted by atomic mass is 10.2. The first kappa shape index (κ1) is 11.7. The molecule has 0 spiro atoms. The highest BCUT2D eigenvalue weighted by Crippen LogP contribution is 2.19. The van der Waals surface area contributed by atoms with Gasteiger partial charge in [0, 0.05) is 31.9 Å². The second-order valence-corrected chi connectivity index (χ2v) is 3.97. The number of aliphatic hydroxyl groups excluding tert-OH is 1. The molecule has 0 fully saturated rings. The number of H-pyrrole nitrogens is 1. The highest BCUT2D eigenvalue weighted by Gasteiger charge is 2.09. The molecule has 1 heterocycles. The number of rotatable bonds is 4. The molecule has 0 saturated heterocycles. The summed E-state index contributed by atoms with van der Waals surface area (Å²) in [5.74, 6) is -0.471. The Hall–Kier alpha value is -1.79. The van der Waals surface area contributed by atoms with Crippen molar-refractivity contribution in [2.75, 3.05) is 25.0 Å². The topological polar surface area (TPSA) is 95.5 Å². The third kappa shape index (κ3) is 2.48. The number of aliphatic hydroxyl groups is 1. The van der Waals surface area contributed by atoms with Gasteiger partial charge in [0.05, 0.1) is 11.6 Å². The Bertz CT molecular complexity index is 560. The van der Waals surface area contributed by atoms with Gasteiger partial charge in [0.2, 0.25) is 0 Å². The number of nitrogens with zero attached hydrogens (tertiary/aromatic N) is 1. The lowest BCUT2D eigenvalue weighted by Gasteiger charge is -2.21. The molecule has 1 atom stereocenters. The summed E-state index contributed by atoms with van der Waals surface area (Å²) in [6.07, 6.45) is -0.575. The van der Waals surface area contributed by atoms with Crippen molar-refractivity contribution in [3.8, 4) is 0 Å². The molecule has 0 amide bonds. The Morgan fingerprint density at radius 2 is 2.35 bits per heavy atom. The van der Waals surface area contributed by atoms with Crippen LogP contribution in [0.25, 0.3) is 11.1 Å². The average Bonchev–Trinajstić information content (AvgIpc) is 2.67. The zero-order valence-electron chi connectivity index (χ0n) is 9.51. The third-order valence-electron chi connectivity index (χ3n) is 2.60. The number of oxazole rings is 1. The predicted octanol–water partition coefficient (Wildman–Crippen LogP) is -0.123. The maximum atomic E-state index is 11.0. The molecule has 0 aliphatic carbocycles. The largest absolute Gasteiger partial charge is 0.417 e. The summed E-state index contributed by atoms with van der Waals surface area (Å²) in [5.41, 5.74) is 7.37. The van der Waals surface area contributed by atoms with E-state index < -0.39 is 11.9 Å². The van der Waals surface area contributed by atoms with E-state index >= 15 is 0 Å². The fraction of sp³-hybridized carbons (Fsp3) is 0.364. The van der Waals surface area contributed by atoms with Crippen molar-refractivity contribution in [1.29, 1.82) is 0 Å². The van der Waals surface area contributed by atoms with Gasteiger partial charge >= 0.3 is 5.76 Å². The van der Waals surface area contributed by atoms with Crippen molar-refractivity contribution in [3.05, 3.63) is 28.7 Å². The Morgan fingerprint density at radius 1 is 1.59 bits per heavy atom. The van der Waals surface area contributed by atoms with Crippen LogP contribution in [0.1, 0.15) is 0 Å². The lowest BCUT2D eigenvalue weighted by molar-refractivity contribution is 0.189. The summed E-state index contributed by atoms with van der Waals surface area (Å²) in [5, 5.41) is 9.46. The molecule has 1 aromatic carbocycles. The quantitative estimate of drug-likeness (QED) is 0.689. The van der Waals surface area contributed by atoms with Crippen LogP contribution in [0, 0.1) is 0 Å². The van der Waals surface area contributed by atoms with Gasteiger partial charge in [-0.15, -0.1) is 0 Å². The monoisotopic (exact) mass is 237 g/mol. The van der Waals surface area contributed by atoms with Crippen molar-refractivity contribution in [2.45, 2.75) is 6.10 Å².